The summed E-state index contributed by atoms with van der Waals surface area (Å²) < 4.78 is 46.2. The highest BCUT2D eigenvalue weighted by molar-refractivity contribution is 7.89. The molecule has 0 aromatic heterocycles. The number of anilines is 1. The lowest BCUT2D eigenvalue weighted by molar-refractivity contribution is -0.117. The molecule has 0 unspecified atom stereocenters. The van der Waals surface area contributed by atoms with E-state index in [0.29, 0.717) is 6.42 Å². The van der Waals surface area contributed by atoms with Gasteiger partial charge in [-0.3, -0.25) is 4.79 Å². The number of nitrogens with one attached hydrogen (secondary N) is 1. The van der Waals surface area contributed by atoms with Crippen molar-refractivity contribution in [2.75, 3.05) is 31.6 Å². The summed E-state index contributed by atoms with van der Waals surface area (Å²) in [5.74, 6) is -1.50. The van der Waals surface area contributed by atoms with Gasteiger partial charge in [0.05, 0.1) is 19.1 Å². The molecule has 150 valence electrons. The Balaban J connectivity index is 1.84. The van der Waals surface area contributed by atoms with Crippen molar-refractivity contribution in [3.8, 4) is 0 Å². The lowest BCUT2D eigenvalue weighted by Gasteiger charge is -2.26. The Hall–Kier alpha value is -2.29. The second-order valence-electron chi connectivity index (χ2n) is 6.52. The van der Waals surface area contributed by atoms with Crippen LogP contribution in [-0.2, 0) is 19.6 Å². The summed E-state index contributed by atoms with van der Waals surface area (Å²) in [6, 6.07) is 12.9. The molecule has 1 fully saturated rings. The van der Waals surface area contributed by atoms with Gasteiger partial charge in [0.1, 0.15) is 10.7 Å². The minimum atomic E-state index is -4.00. The zero-order valence-corrected chi connectivity index (χ0v) is 16.4. The average Bonchev–Trinajstić information content (AvgIpc) is 2.71. The first-order valence-electron chi connectivity index (χ1n) is 9.16. The molecule has 6 nitrogen and oxygen atoms in total. The van der Waals surface area contributed by atoms with E-state index < -0.39 is 20.7 Å². The summed E-state index contributed by atoms with van der Waals surface area (Å²) in [6.07, 6.45) is 0.579. The Morgan fingerprint density at radius 2 is 1.86 bits per heavy atom. The highest BCUT2D eigenvalue weighted by atomic mass is 32.2. The van der Waals surface area contributed by atoms with Gasteiger partial charge in [-0.05, 0) is 30.2 Å². The molecule has 1 atom stereocenters. The molecule has 28 heavy (non-hydrogen) atoms. The highest BCUT2D eigenvalue weighted by Crippen LogP contribution is 2.26. The molecule has 1 amide bonds. The number of ether oxygens (including phenoxy) is 1. The second kappa shape index (κ2) is 8.81. The molecule has 1 saturated heterocycles. The minimum absolute atomic E-state index is 0.171. The smallest absolute Gasteiger partial charge is 0.246 e. The first-order chi connectivity index (χ1) is 13.4. The first-order valence-corrected chi connectivity index (χ1v) is 10.6. The maximum absolute atomic E-state index is 14.3. The van der Waals surface area contributed by atoms with Crippen LogP contribution in [0.5, 0.6) is 0 Å². The molecule has 1 aliphatic heterocycles. The van der Waals surface area contributed by atoms with E-state index in [1.165, 1.54) is 16.4 Å². The normalized spacial score (nSPS) is 16.5. The number of nitrogens with zero attached hydrogens (tertiary/aromatic N) is 1. The van der Waals surface area contributed by atoms with Gasteiger partial charge in [-0.2, -0.15) is 4.31 Å². The average molecular weight is 406 g/mol. The maximum Gasteiger partial charge on any atom is 0.246 e. The highest BCUT2D eigenvalue weighted by Gasteiger charge is 2.29. The number of carbonyl (C=O) groups is 1. The van der Waals surface area contributed by atoms with E-state index in [1.807, 2.05) is 37.3 Å². The van der Waals surface area contributed by atoms with Crippen molar-refractivity contribution in [3.63, 3.8) is 0 Å². The third-order valence-corrected chi connectivity index (χ3v) is 6.63. The van der Waals surface area contributed by atoms with Gasteiger partial charge in [-0.15, -0.1) is 0 Å². The van der Waals surface area contributed by atoms with Crippen LogP contribution in [0.25, 0.3) is 0 Å². The van der Waals surface area contributed by atoms with Crippen LogP contribution in [0, 0.1) is 5.82 Å². The van der Waals surface area contributed by atoms with E-state index in [-0.39, 0.29) is 43.8 Å². The number of carbonyl (C=O) groups excluding carboxylic acids is 1. The van der Waals surface area contributed by atoms with E-state index in [9.17, 15) is 17.6 Å². The number of rotatable bonds is 6. The SMILES string of the molecule is CC[C@@H](C(=O)Nc1ccc(F)c(S(=O)(=O)N2CCOCC2)c1)c1ccccc1. The molecule has 1 N–H and O–H groups in total. The predicted octanol–water partition coefficient (Wildman–Crippen LogP) is 2.98. The van der Waals surface area contributed by atoms with Crippen molar-refractivity contribution in [2.24, 2.45) is 0 Å². The van der Waals surface area contributed by atoms with Crippen molar-refractivity contribution < 1.29 is 22.3 Å². The third kappa shape index (κ3) is 4.40. The molecule has 1 aliphatic rings. The van der Waals surface area contributed by atoms with Crippen LogP contribution in [-0.4, -0.2) is 44.9 Å². The summed E-state index contributed by atoms with van der Waals surface area (Å²) >= 11 is 0. The summed E-state index contributed by atoms with van der Waals surface area (Å²) in [4.78, 5) is 12.3. The third-order valence-electron chi connectivity index (χ3n) is 4.71. The number of benzene rings is 2. The van der Waals surface area contributed by atoms with Crippen LogP contribution in [0.1, 0.15) is 24.8 Å². The molecular formula is C20H23FN2O4S. The number of amides is 1. The van der Waals surface area contributed by atoms with Gasteiger partial charge in [0.25, 0.3) is 0 Å². The summed E-state index contributed by atoms with van der Waals surface area (Å²) in [5, 5.41) is 2.72. The molecule has 1 heterocycles. The fourth-order valence-corrected chi connectivity index (χ4v) is 4.69. The van der Waals surface area contributed by atoms with Gasteiger partial charge in [0.15, 0.2) is 0 Å². The van der Waals surface area contributed by atoms with Crippen LogP contribution in [0.15, 0.2) is 53.4 Å². The zero-order valence-electron chi connectivity index (χ0n) is 15.6. The monoisotopic (exact) mass is 406 g/mol. The lowest BCUT2D eigenvalue weighted by atomic mass is 9.95. The van der Waals surface area contributed by atoms with E-state index in [2.05, 4.69) is 5.32 Å². The molecule has 0 spiro atoms. The topological polar surface area (TPSA) is 75.7 Å². The van der Waals surface area contributed by atoms with Gasteiger partial charge in [0.2, 0.25) is 15.9 Å². The number of halogens is 1. The Morgan fingerprint density at radius 1 is 1.18 bits per heavy atom. The number of hydrogen-bond acceptors (Lipinski definition) is 4. The largest absolute Gasteiger partial charge is 0.379 e. The molecule has 0 aliphatic carbocycles. The molecule has 0 saturated carbocycles. The van der Waals surface area contributed by atoms with E-state index >= 15 is 0 Å². The Labute approximate surface area is 164 Å². The Morgan fingerprint density at radius 3 is 2.50 bits per heavy atom. The number of morpholine rings is 1. The summed E-state index contributed by atoms with van der Waals surface area (Å²) in [5.41, 5.74) is 1.11. The molecule has 2 aromatic carbocycles. The Kier molecular flexibility index (Phi) is 6.43. The first kappa shape index (κ1) is 20.4. The van der Waals surface area contributed by atoms with E-state index in [4.69, 9.17) is 4.74 Å². The van der Waals surface area contributed by atoms with Gasteiger partial charge < -0.3 is 10.1 Å². The van der Waals surface area contributed by atoms with Crippen LogP contribution >= 0.6 is 0 Å². The molecule has 0 bridgehead atoms. The molecule has 3 rings (SSSR count). The van der Waals surface area contributed by atoms with Crippen LogP contribution < -0.4 is 5.32 Å². The van der Waals surface area contributed by atoms with Crippen LogP contribution in [0.2, 0.25) is 0 Å². The summed E-state index contributed by atoms with van der Waals surface area (Å²) in [6.45, 7) is 2.78. The quantitative estimate of drug-likeness (QED) is 0.800. The minimum Gasteiger partial charge on any atom is -0.379 e. The van der Waals surface area contributed by atoms with E-state index in [0.717, 1.165) is 11.6 Å². The van der Waals surface area contributed by atoms with Crippen molar-refractivity contribution in [3.05, 3.63) is 59.9 Å². The number of sulfonamides is 1. The fourth-order valence-electron chi connectivity index (χ4n) is 3.19. The van der Waals surface area contributed by atoms with Crippen molar-refractivity contribution >= 4 is 21.6 Å². The van der Waals surface area contributed by atoms with Crippen LogP contribution in [0.3, 0.4) is 0 Å². The lowest BCUT2D eigenvalue weighted by Crippen LogP contribution is -2.40. The van der Waals surface area contributed by atoms with Gasteiger partial charge >= 0.3 is 0 Å². The molecule has 0 radical (unpaired) electrons. The van der Waals surface area contributed by atoms with Crippen LogP contribution in [0.4, 0.5) is 10.1 Å². The van der Waals surface area contributed by atoms with Crippen molar-refractivity contribution in [1.29, 1.82) is 0 Å². The van der Waals surface area contributed by atoms with Gasteiger partial charge in [-0.1, -0.05) is 37.3 Å². The Bertz CT molecular complexity index is 928. The van der Waals surface area contributed by atoms with Gasteiger partial charge in [-0.25, -0.2) is 12.8 Å². The second-order valence-corrected chi connectivity index (χ2v) is 8.43. The fraction of sp³-hybridized carbons (Fsp3) is 0.350. The van der Waals surface area contributed by atoms with Crippen molar-refractivity contribution in [2.45, 2.75) is 24.2 Å². The predicted molar refractivity (Wildman–Crippen MR) is 104 cm³/mol. The van der Waals surface area contributed by atoms with E-state index in [1.54, 1.807) is 0 Å². The van der Waals surface area contributed by atoms with Gasteiger partial charge in [0, 0.05) is 18.8 Å². The molecule has 8 heteroatoms. The zero-order chi connectivity index (χ0) is 20.1. The molecular weight excluding hydrogens is 383 g/mol. The molecule has 2 aromatic rings. The maximum atomic E-state index is 14.3. The van der Waals surface area contributed by atoms with Crippen molar-refractivity contribution in [1.82, 2.24) is 4.31 Å². The standard InChI is InChI=1S/C20H23FN2O4S/c1-2-17(15-6-4-3-5-7-15)20(24)22-16-8-9-18(21)19(14-16)28(25,26)23-10-12-27-13-11-23/h3-9,14,17H,2,10-13H2,1H3,(H,22,24)/t17-/m1/s1. The summed E-state index contributed by atoms with van der Waals surface area (Å²) in [7, 11) is -4.00. The number of hydrogen-bond donors (Lipinski definition) is 1.